The monoisotopic (exact) mass is 272 g/mol. The Bertz CT molecular complexity index is 257. The van der Waals surface area contributed by atoms with Gasteiger partial charge in [0.2, 0.25) is 0 Å². The van der Waals surface area contributed by atoms with Gasteiger partial charge in [0.1, 0.15) is 0 Å². The van der Waals surface area contributed by atoms with Crippen LogP contribution in [0, 0.1) is 5.41 Å². The molecule has 0 aliphatic carbocycles. The molecular weight excluding hydrogens is 240 g/mol. The van der Waals surface area contributed by atoms with E-state index in [9.17, 15) is 0 Å². The molecule has 1 unspecified atom stereocenters. The third kappa shape index (κ3) is 6.21. The van der Waals surface area contributed by atoms with Crippen LogP contribution < -0.4 is 5.32 Å². The number of hydrogen-bond acceptors (Lipinski definition) is 4. The van der Waals surface area contributed by atoms with Gasteiger partial charge >= 0.3 is 0 Å². The molecule has 0 saturated carbocycles. The fourth-order valence-corrected chi connectivity index (χ4v) is 3.29. The van der Waals surface area contributed by atoms with Crippen LogP contribution in [0.2, 0.25) is 0 Å². The van der Waals surface area contributed by atoms with Crippen LogP contribution in [-0.4, -0.2) is 64.6 Å². The van der Waals surface area contributed by atoms with E-state index in [1.54, 1.807) is 7.11 Å². The highest BCUT2D eigenvalue weighted by atomic mass is 16.5. The molecule has 114 valence electrons. The molecule has 0 radical (unpaired) electrons. The predicted molar refractivity (Wildman–Crippen MR) is 79.6 cm³/mol. The average molecular weight is 272 g/mol. The van der Waals surface area contributed by atoms with E-state index in [0.717, 1.165) is 52.1 Å². The number of rotatable bonds is 8. The fourth-order valence-electron chi connectivity index (χ4n) is 3.29. The second kappa shape index (κ2) is 7.58. The van der Waals surface area contributed by atoms with Crippen molar-refractivity contribution >= 4 is 0 Å². The zero-order chi connectivity index (χ0) is 14.4. The van der Waals surface area contributed by atoms with Crippen LogP contribution in [0.3, 0.4) is 0 Å². The summed E-state index contributed by atoms with van der Waals surface area (Å²) in [6, 6.07) is 0. The van der Waals surface area contributed by atoms with E-state index < -0.39 is 0 Å². The summed E-state index contributed by atoms with van der Waals surface area (Å²) in [5.74, 6) is 0. The summed E-state index contributed by atoms with van der Waals surface area (Å²) in [6.07, 6.45) is 3.34. The van der Waals surface area contributed by atoms with Crippen LogP contribution in [-0.2, 0) is 9.47 Å². The normalized spacial score (nSPS) is 26.8. The van der Waals surface area contributed by atoms with Gasteiger partial charge in [0.25, 0.3) is 0 Å². The molecule has 1 aliphatic heterocycles. The molecule has 1 N–H and O–H groups in total. The van der Waals surface area contributed by atoms with E-state index in [0.29, 0.717) is 5.41 Å². The van der Waals surface area contributed by atoms with E-state index in [1.165, 1.54) is 0 Å². The maximum absolute atomic E-state index is 5.88. The second-order valence-electron chi connectivity index (χ2n) is 6.80. The van der Waals surface area contributed by atoms with Crippen molar-refractivity contribution in [3.8, 4) is 0 Å². The summed E-state index contributed by atoms with van der Waals surface area (Å²) in [6.45, 7) is 9.36. The fraction of sp³-hybridized carbons (Fsp3) is 1.00. The van der Waals surface area contributed by atoms with Gasteiger partial charge in [-0.3, -0.25) is 0 Å². The minimum atomic E-state index is 0.00245. The van der Waals surface area contributed by atoms with Crippen molar-refractivity contribution in [1.82, 2.24) is 10.2 Å². The molecule has 19 heavy (non-hydrogen) atoms. The van der Waals surface area contributed by atoms with Gasteiger partial charge in [0.05, 0.1) is 5.60 Å². The minimum Gasteiger partial charge on any atom is -0.385 e. The lowest BCUT2D eigenvalue weighted by molar-refractivity contribution is -0.109. The first-order valence-corrected chi connectivity index (χ1v) is 7.38. The van der Waals surface area contributed by atoms with Gasteiger partial charge in [0, 0.05) is 38.8 Å². The Labute approximate surface area is 118 Å². The molecule has 0 spiro atoms. The van der Waals surface area contributed by atoms with Crippen molar-refractivity contribution in [1.29, 1.82) is 0 Å². The third-order valence-electron chi connectivity index (χ3n) is 3.78. The Hall–Kier alpha value is -0.160. The van der Waals surface area contributed by atoms with Crippen molar-refractivity contribution in [3.63, 3.8) is 0 Å². The Morgan fingerprint density at radius 1 is 1.32 bits per heavy atom. The largest absolute Gasteiger partial charge is 0.385 e. The zero-order valence-corrected chi connectivity index (χ0v) is 13.4. The standard InChI is InChI=1S/C15H32N2O2/c1-14(2)11-15(7-10-19-14,13-17(3)4)12-16-8-6-9-18-5/h16H,6-13H2,1-5H3. The van der Waals surface area contributed by atoms with E-state index in [4.69, 9.17) is 9.47 Å². The SMILES string of the molecule is COCCCNCC1(CN(C)C)CCOC(C)(C)C1. The van der Waals surface area contributed by atoms with Crippen molar-refractivity contribution in [2.45, 2.75) is 38.7 Å². The van der Waals surface area contributed by atoms with Crippen LogP contribution in [0.15, 0.2) is 0 Å². The molecular formula is C15H32N2O2. The highest BCUT2D eigenvalue weighted by Crippen LogP contribution is 2.38. The Balaban J connectivity index is 2.50. The lowest BCUT2D eigenvalue weighted by atomic mass is 9.73. The molecule has 1 atom stereocenters. The molecule has 0 bridgehead atoms. The quantitative estimate of drug-likeness (QED) is 0.683. The smallest absolute Gasteiger partial charge is 0.0632 e. The number of methoxy groups -OCH3 is 1. The molecule has 4 nitrogen and oxygen atoms in total. The van der Waals surface area contributed by atoms with Crippen molar-refractivity contribution in [2.75, 3.05) is 54.1 Å². The van der Waals surface area contributed by atoms with Crippen LogP contribution >= 0.6 is 0 Å². The topological polar surface area (TPSA) is 33.7 Å². The van der Waals surface area contributed by atoms with Gasteiger partial charge in [-0.2, -0.15) is 0 Å². The van der Waals surface area contributed by atoms with Crippen LogP contribution in [0.25, 0.3) is 0 Å². The maximum Gasteiger partial charge on any atom is 0.0632 e. The van der Waals surface area contributed by atoms with Crippen molar-refractivity contribution in [3.05, 3.63) is 0 Å². The molecule has 0 aromatic rings. The van der Waals surface area contributed by atoms with Gasteiger partial charge < -0.3 is 19.7 Å². The Morgan fingerprint density at radius 3 is 2.63 bits per heavy atom. The lowest BCUT2D eigenvalue weighted by Gasteiger charge is -2.46. The molecule has 0 amide bonds. The van der Waals surface area contributed by atoms with Gasteiger partial charge in [-0.05, 0) is 53.8 Å². The van der Waals surface area contributed by atoms with Gasteiger partial charge in [0.15, 0.2) is 0 Å². The summed E-state index contributed by atoms with van der Waals surface area (Å²) in [4.78, 5) is 2.30. The van der Waals surface area contributed by atoms with E-state index in [1.807, 2.05) is 0 Å². The van der Waals surface area contributed by atoms with Crippen molar-refractivity contribution in [2.24, 2.45) is 5.41 Å². The molecule has 0 aromatic carbocycles. The maximum atomic E-state index is 5.88. The summed E-state index contributed by atoms with van der Waals surface area (Å²) in [5.41, 5.74) is 0.334. The lowest BCUT2D eigenvalue weighted by Crippen LogP contribution is -2.51. The van der Waals surface area contributed by atoms with E-state index >= 15 is 0 Å². The summed E-state index contributed by atoms with van der Waals surface area (Å²) in [5, 5.41) is 3.61. The van der Waals surface area contributed by atoms with Crippen LogP contribution in [0.1, 0.15) is 33.1 Å². The van der Waals surface area contributed by atoms with Gasteiger partial charge in [-0.15, -0.1) is 0 Å². The summed E-state index contributed by atoms with van der Waals surface area (Å²) in [7, 11) is 6.08. The van der Waals surface area contributed by atoms with Gasteiger partial charge in [-0.1, -0.05) is 0 Å². The van der Waals surface area contributed by atoms with E-state index in [2.05, 4.69) is 38.2 Å². The number of ether oxygens (including phenoxy) is 2. The van der Waals surface area contributed by atoms with Crippen LogP contribution in [0.4, 0.5) is 0 Å². The first-order chi connectivity index (χ1) is 8.89. The Kier molecular flexibility index (Phi) is 6.74. The highest BCUT2D eigenvalue weighted by molar-refractivity contribution is 4.93. The third-order valence-corrected chi connectivity index (χ3v) is 3.78. The van der Waals surface area contributed by atoms with Crippen molar-refractivity contribution < 1.29 is 9.47 Å². The summed E-state index contributed by atoms with van der Waals surface area (Å²) < 4.78 is 11.0. The minimum absolute atomic E-state index is 0.00245. The number of nitrogens with one attached hydrogen (secondary N) is 1. The van der Waals surface area contributed by atoms with Crippen LogP contribution in [0.5, 0.6) is 0 Å². The Morgan fingerprint density at radius 2 is 2.05 bits per heavy atom. The number of hydrogen-bond donors (Lipinski definition) is 1. The summed E-state index contributed by atoms with van der Waals surface area (Å²) >= 11 is 0. The van der Waals surface area contributed by atoms with E-state index in [-0.39, 0.29) is 5.60 Å². The molecule has 1 fully saturated rings. The molecule has 0 aromatic heterocycles. The predicted octanol–water partition coefficient (Wildman–Crippen LogP) is 1.75. The molecule has 1 rings (SSSR count). The van der Waals surface area contributed by atoms with Gasteiger partial charge in [-0.25, -0.2) is 0 Å². The molecule has 1 heterocycles. The first kappa shape index (κ1) is 16.9. The second-order valence-corrected chi connectivity index (χ2v) is 6.80. The molecule has 1 aliphatic rings. The highest BCUT2D eigenvalue weighted by Gasteiger charge is 2.40. The molecule has 1 saturated heterocycles. The average Bonchev–Trinajstić information content (AvgIpc) is 2.26. The molecule has 4 heteroatoms. The first-order valence-electron chi connectivity index (χ1n) is 7.38. The zero-order valence-electron chi connectivity index (χ0n) is 13.4. The number of nitrogens with zero attached hydrogens (tertiary/aromatic N) is 1.